The van der Waals surface area contributed by atoms with E-state index in [1.165, 1.54) is 31.2 Å². The van der Waals surface area contributed by atoms with E-state index in [1.54, 1.807) is 13.8 Å². The van der Waals surface area contributed by atoms with Crippen LogP contribution in [0, 0.1) is 0 Å². The van der Waals surface area contributed by atoms with E-state index in [1.807, 2.05) is 0 Å². The van der Waals surface area contributed by atoms with Crippen molar-refractivity contribution < 1.29 is 34.4 Å². The van der Waals surface area contributed by atoms with E-state index in [9.17, 15) is 19.8 Å². The Kier molecular flexibility index (Phi) is 7.34. The summed E-state index contributed by atoms with van der Waals surface area (Å²) in [5.74, 6) is -1.69. The van der Waals surface area contributed by atoms with Crippen molar-refractivity contribution in [2.75, 3.05) is 6.61 Å². The Morgan fingerprint density at radius 1 is 1.33 bits per heavy atom. The zero-order valence-corrected chi connectivity index (χ0v) is 14.0. The monoisotopic (exact) mass is 340 g/mol. The molecule has 0 aromatic carbocycles. The van der Waals surface area contributed by atoms with Crippen molar-refractivity contribution in [3.8, 4) is 0 Å². The lowest BCUT2D eigenvalue weighted by Gasteiger charge is -2.42. The van der Waals surface area contributed by atoms with Crippen LogP contribution in [-0.4, -0.2) is 57.8 Å². The number of hydrogen-bond donors (Lipinski definition) is 3. The molecule has 3 N–H and O–H groups in total. The third kappa shape index (κ3) is 5.30. The number of esters is 1. The second-order valence-corrected chi connectivity index (χ2v) is 5.79. The molecule has 1 aliphatic rings. The van der Waals surface area contributed by atoms with Gasteiger partial charge in [0.25, 0.3) is 0 Å². The highest BCUT2D eigenvalue weighted by Crippen LogP contribution is 2.33. The number of hydrogen-bond acceptors (Lipinski definition) is 6. The fourth-order valence-electron chi connectivity index (χ4n) is 2.40. The van der Waals surface area contributed by atoms with Gasteiger partial charge in [-0.2, -0.15) is 0 Å². The molecule has 0 spiro atoms. The summed E-state index contributed by atoms with van der Waals surface area (Å²) in [5, 5.41) is 29.4. The number of aliphatic hydroxyl groups is 2. The predicted octanol–water partition coefficient (Wildman–Crippen LogP) is 0.962. The molecule has 134 valence electrons. The molecule has 1 rings (SSSR count). The number of carbonyl (C=O) groups excluding carboxylic acids is 1. The number of aliphatic hydroxyl groups excluding tert-OH is 2. The van der Waals surface area contributed by atoms with Gasteiger partial charge in [-0.1, -0.05) is 12.2 Å². The van der Waals surface area contributed by atoms with E-state index in [0.717, 1.165) is 6.08 Å². The lowest BCUT2D eigenvalue weighted by atomic mass is 9.82. The summed E-state index contributed by atoms with van der Waals surface area (Å²) >= 11 is 0. The minimum atomic E-state index is -1.48. The summed E-state index contributed by atoms with van der Waals surface area (Å²) < 4.78 is 10.5. The van der Waals surface area contributed by atoms with Gasteiger partial charge < -0.3 is 24.8 Å². The molecule has 0 bridgehead atoms. The normalized spacial score (nSPS) is 27.9. The van der Waals surface area contributed by atoms with Crippen LogP contribution in [-0.2, 0) is 19.1 Å². The standard InChI is InChI=1S/C17H24O7/c1-11(2)24-15(21)6-4-5-8-17(12(3)18)16(22)13(7-9-23-17)10-14(19)20/h4-6,8,10-12,16,18,22H,7,9H2,1-3H3,(H,19,20)/b6-4-,8-5+,13-10+/t12-,16-,17+/m0/s1. The van der Waals surface area contributed by atoms with E-state index >= 15 is 0 Å². The van der Waals surface area contributed by atoms with E-state index in [4.69, 9.17) is 14.6 Å². The second-order valence-electron chi connectivity index (χ2n) is 5.79. The summed E-state index contributed by atoms with van der Waals surface area (Å²) in [4.78, 5) is 22.3. The molecule has 1 heterocycles. The van der Waals surface area contributed by atoms with Crippen LogP contribution in [0.1, 0.15) is 27.2 Å². The Labute approximate surface area is 140 Å². The minimum Gasteiger partial charge on any atom is -0.478 e. The molecular weight excluding hydrogens is 316 g/mol. The van der Waals surface area contributed by atoms with E-state index in [0.29, 0.717) is 0 Å². The fourth-order valence-corrected chi connectivity index (χ4v) is 2.40. The number of carboxylic acids is 1. The lowest BCUT2D eigenvalue weighted by Crippen LogP contribution is -2.55. The van der Waals surface area contributed by atoms with Crippen LogP contribution in [0.15, 0.2) is 36.0 Å². The number of allylic oxidation sites excluding steroid dienone is 2. The highest BCUT2D eigenvalue weighted by atomic mass is 16.5. The molecule has 1 aliphatic heterocycles. The van der Waals surface area contributed by atoms with Gasteiger partial charge in [-0.3, -0.25) is 0 Å². The van der Waals surface area contributed by atoms with Crippen molar-refractivity contribution in [3.05, 3.63) is 36.0 Å². The summed E-state index contributed by atoms with van der Waals surface area (Å²) in [5.41, 5.74) is -1.21. The molecule has 0 aromatic heterocycles. The SMILES string of the molecule is CC(C)OC(=O)/C=C\C=C\[C@]1([C@H](C)O)OCC/C(=C\C(=O)O)[C@@H]1O. The van der Waals surface area contributed by atoms with Crippen LogP contribution in [0.3, 0.4) is 0 Å². The molecule has 7 heteroatoms. The lowest BCUT2D eigenvalue weighted by molar-refractivity contribution is -0.153. The molecule has 0 amide bonds. The molecule has 0 radical (unpaired) electrons. The maximum absolute atomic E-state index is 11.4. The second kappa shape index (κ2) is 8.77. The van der Waals surface area contributed by atoms with Crippen LogP contribution >= 0.6 is 0 Å². The zero-order chi connectivity index (χ0) is 18.3. The molecule has 0 saturated carbocycles. The van der Waals surface area contributed by atoms with Crippen LogP contribution in [0.5, 0.6) is 0 Å². The molecular formula is C17H24O7. The fraction of sp³-hybridized carbons (Fsp3) is 0.529. The average molecular weight is 340 g/mol. The predicted molar refractivity (Wildman–Crippen MR) is 86.2 cm³/mol. The molecule has 7 nitrogen and oxygen atoms in total. The summed E-state index contributed by atoms with van der Waals surface area (Å²) in [6, 6.07) is 0. The maximum atomic E-state index is 11.4. The topological polar surface area (TPSA) is 113 Å². The van der Waals surface area contributed by atoms with Gasteiger partial charge in [-0.05, 0) is 38.8 Å². The van der Waals surface area contributed by atoms with Crippen LogP contribution in [0.4, 0.5) is 0 Å². The van der Waals surface area contributed by atoms with Crippen molar-refractivity contribution in [1.82, 2.24) is 0 Å². The largest absolute Gasteiger partial charge is 0.478 e. The first kappa shape index (κ1) is 20.1. The Morgan fingerprint density at radius 3 is 2.54 bits per heavy atom. The molecule has 0 aliphatic carbocycles. The van der Waals surface area contributed by atoms with Gasteiger partial charge >= 0.3 is 11.9 Å². The summed E-state index contributed by atoms with van der Waals surface area (Å²) in [6.07, 6.45) is 4.00. The van der Waals surface area contributed by atoms with Crippen molar-refractivity contribution in [2.45, 2.75) is 51.1 Å². The Balaban J connectivity index is 2.96. The molecule has 3 atom stereocenters. The third-order valence-corrected chi connectivity index (χ3v) is 3.54. The van der Waals surface area contributed by atoms with Gasteiger partial charge in [0.2, 0.25) is 0 Å². The van der Waals surface area contributed by atoms with Crippen LogP contribution in [0.2, 0.25) is 0 Å². The van der Waals surface area contributed by atoms with Gasteiger partial charge in [0.15, 0.2) is 0 Å². The van der Waals surface area contributed by atoms with Gasteiger partial charge in [0.1, 0.15) is 11.7 Å². The van der Waals surface area contributed by atoms with Gasteiger partial charge in [0.05, 0.1) is 18.8 Å². The molecule has 24 heavy (non-hydrogen) atoms. The average Bonchev–Trinajstić information content (AvgIpc) is 2.45. The van der Waals surface area contributed by atoms with Crippen LogP contribution in [0.25, 0.3) is 0 Å². The van der Waals surface area contributed by atoms with E-state index in [-0.39, 0.29) is 24.7 Å². The third-order valence-electron chi connectivity index (χ3n) is 3.54. The first-order valence-corrected chi connectivity index (χ1v) is 7.69. The molecule has 1 saturated heterocycles. The van der Waals surface area contributed by atoms with Crippen molar-refractivity contribution in [1.29, 1.82) is 0 Å². The van der Waals surface area contributed by atoms with Crippen molar-refractivity contribution in [3.63, 3.8) is 0 Å². The van der Waals surface area contributed by atoms with E-state index in [2.05, 4.69) is 0 Å². The Hall–Kier alpha value is -1.96. The van der Waals surface area contributed by atoms with Gasteiger partial charge in [-0.25, -0.2) is 9.59 Å². The minimum absolute atomic E-state index is 0.157. The first-order valence-electron chi connectivity index (χ1n) is 7.69. The smallest absolute Gasteiger partial charge is 0.330 e. The highest BCUT2D eigenvalue weighted by molar-refractivity contribution is 5.82. The number of ether oxygens (including phenoxy) is 2. The maximum Gasteiger partial charge on any atom is 0.330 e. The Morgan fingerprint density at radius 2 is 2.00 bits per heavy atom. The van der Waals surface area contributed by atoms with E-state index < -0.39 is 29.7 Å². The Bertz CT molecular complexity index is 545. The zero-order valence-electron chi connectivity index (χ0n) is 14.0. The number of aliphatic carboxylic acids is 1. The molecule has 1 fully saturated rings. The number of rotatable bonds is 6. The van der Waals surface area contributed by atoms with Crippen molar-refractivity contribution >= 4 is 11.9 Å². The number of carboxylic acid groups (broad SMARTS) is 1. The summed E-state index contributed by atoms with van der Waals surface area (Å²) in [6.45, 7) is 5.05. The van der Waals surface area contributed by atoms with Crippen LogP contribution < -0.4 is 0 Å². The quantitative estimate of drug-likeness (QED) is 0.375. The molecule has 0 aromatic rings. The van der Waals surface area contributed by atoms with Crippen molar-refractivity contribution in [2.24, 2.45) is 0 Å². The first-order chi connectivity index (χ1) is 11.2. The molecule has 0 unspecified atom stereocenters. The van der Waals surface area contributed by atoms with Gasteiger partial charge in [0, 0.05) is 12.2 Å². The summed E-state index contributed by atoms with van der Waals surface area (Å²) in [7, 11) is 0. The van der Waals surface area contributed by atoms with Gasteiger partial charge in [-0.15, -0.1) is 0 Å². The highest BCUT2D eigenvalue weighted by Gasteiger charge is 2.45. The number of carbonyl (C=O) groups is 2.